The van der Waals surface area contributed by atoms with E-state index in [1.165, 1.54) is 0 Å². The minimum atomic E-state index is -1.72. The van der Waals surface area contributed by atoms with Gasteiger partial charge in [0.05, 0.1) is 12.6 Å². The molecule has 0 spiro atoms. The van der Waals surface area contributed by atoms with Crippen molar-refractivity contribution in [3.8, 4) is 0 Å². The minimum Gasteiger partial charge on any atom is -0.408 e. The SMILES string of the molecule is CCCOC[C@H]1O[C@@H]2OC(C)(C)O[C@@H]2[C@@H]1N(Cc1ccccc1)p1oc2ccc3ccccc3c2c2c(ccc3ccccc32)o1. The molecule has 8 heteroatoms. The van der Waals surface area contributed by atoms with E-state index in [1.54, 1.807) is 0 Å². The molecule has 0 bridgehead atoms. The number of ether oxygens (including phenoxy) is 4. The summed E-state index contributed by atoms with van der Waals surface area (Å²) < 4.78 is 42.0. The highest BCUT2D eigenvalue weighted by atomic mass is 31.1. The third-order valence-corrected chi connectivity index (χ3v) is 10.4. The average Bonchev–Trinajstić information content (AvgIpc) is 3.46. The second-order valence-corrected chi connectivity index (χ2v) is 13.9. The Hall–Kier alpha value is -3.68. The Bertz CT molecular complexity index is 1960. The highest BCUT2D eigenvalue weighted by molar-refractivity contribution is 7.39. The number of nitrogens with zero attached hydrogens (tertiary/aromatic N) is 1. The normalized spacial score (nSPS) is 22.3. The summed E-state index contributed by atoms with van der Waals surface area (Å²) in [6.45, 7) is 7.59. The maximum atomic E-state index is 7.09. The van der Waals surface area contributed by atoms with Crippen LogP contribution < -0.4 is 4.67 Å². The van der Waals surface area contributed by atoms with Gasteiger partial charge in [0.1, 0.15) is 23.4 Å². The van der Waals surface area contributed by atoms with E-state index in [1.807, 2.05) is 19.9 Å². The molecule has 6 aromatic rings. The van der Waals surface area contributed by atoms with Gasteiger partial charge in [-0.05, 0) is 59.5 Å². The summed E-state index contributed by atoms with van der Waals surface area (Å²) in [6, 6.07) is 35.5. The van der Waals surface area contributed by atoms with Crippen LogP contribution in [0, 0.1) is 0 Å². The molecular weight excluding hydrogens is 597 g/mol. The molecule has 0 amide bonds. The summed E-state index contributed by atoms with van der Waals surface area (Å²) in [4.78, 5) is 0. The van der Waals surface area contributed by atoms with Crippen LogP contribution in [0.4, 0.5) is 0 Å². The summed E-state index contributed by atoms with van der Waals surface area (Å²) in [5.41, 5.74) is 2.71. The number of rotatable bonds is 8. The third kappa shape index (κ3) is 5.41. The van der Waals surface area contributed by atoms with Gasteiger partial charge in [-0.1, -0.05) is 97.9 Å². The molecule has 4 atom stereocenters. The zero-order chi connectivity index (χ0) is 31.3. The van der Waals surface area contributed by atoms with E-state index in [0.717, 1.165) is 55.5 Å². The first-order valence-electron chi connectivity index (χ1n) is 16.1. The van der Waals surface area contributed by atoms with Crippen molar-refractivity contribution >= 4 is 51.6 Å². The van der Waals surface area contributed by atoms with E-state index in [2.05, 4.69) is 109 Å². The van der Waals surface area contributed by atoms with Crippen molar-refractivity contribution in [2.45, 2.75) is 64.1 Å². The summed E-state index contributed by atoms with van der Waals surface area (Å²) in [6.07, 6.45) is -0.277. The standard InChI is InChI=1S/C38H38NO6P/c1-4-22-40-24-32-35(36-37(41-32)43-38(2,3)42-36)39(23-25-12-6-5-7-13-25)46-44-30-20-18-26-14-8-10-16-28(26)33(30)34-29-17-11-9-15-27(29)19-21-31(34)45-46/h5-21,32,35-37H,4,22-24H2,1-3H3/t32-,35-,36-,37-/m1/s1. The van der Waals surface area contributed by atoms with Crippen molar-refractivity contribution in [2.24, 2.45) is 0 Å². The molecule has 0 radical (unpaired) electrons. The lowest BCUT2D eigenvalue weighted by Gasteiger charge is -2.32. The lowest BCUT2D eigenvalue weighted by Crippen LogP contribution is -2.48. The molecule has 3 heterocycles. The van der Waals surface area contributed by atoms with E-state index < -0.39 is 20.2 Å². The molecule has 46 heavy (non-hydrogen) atoms. The first-order chi connectivity index (χ1) is 22.5. The Morgan fingerprint density at radius 3 is 1.98 bits per heavy atom. The van der Waals surface area contributed by atoms with Gasteiger partial charge in [-0.2, -0.15) is 4.67 Å². The van der Waals surface area contributed by atoms with Crippen LogP contribution in [0.3, 0.4) is 0 Å². The summed E-state index contributed by atoms with van der Waals surface area (Å²) >= 11 is 0. The fourth-order valence-corrected chi connectivity index (χ4v) is 8.57. The molecule has 0 N–H and O–H groups in total. The molecule has 2 fully saturated rings. The van der Waals surface area contributed by atoms with Crippen molar-refractivity contribution in [3.63, 3.8) is 0 Å². The van der Waals surface area contributed by atoms with Crippen LogP contribution >= 0.6 is 8.16 Å². The lowest BCUT2D eigenvalue weighted by molar-refractivity contribution is -0.211. The largest absolute Gasteiger partial charge is 0.408 e. The summed E-state index contributed by atoms with van der Waals surface area (Å²) in [5.74, 6) is -0.781. The molecule has 236 valence electrons. The van der Waals surface area contributed by atoms with Gasteiger partial charge in [0.15, 0.2) is 12.1 Å². The second kappa shape index (κ2) is 12.2. The van der Waals surface area contributed by atoms with Crippen LogP contribution in [0.25, 0.3) is 43.5 Å². The van der Waals surface area contributed by atoms with E-state index in [9.17, 15) is 0 Å². The molecule has 1 aromatic heterocycles. The first kappa shape index (κ1) is 29.7. The van der Waals surface area contributed by atoms with Crippen LogP contribution in [0.5, 0.6) is 0 Å². The molecule has 2 saturated heterocycles. The van der Waals surface area contributed by atoms with Crippen molar-refractivity contribution in [1.29, 1.82) is 0 Å². The van der Waals surface area contributed by atoms with Crippen LogP contribution in [-0.2, 0) is 25.5 Å². The molecule has 7 nitrogen and oxygen atoms in total. The Morgan fingerprint density at radius 1 is 0.739 bits per heavy atom. The zero-order valence-corrected chi connectivity index (χ0v) is 27.2. The Kier molecular flexibility index (Phi) is 7.85. The molecule has 2 aliphatic rings. The predicted octanol–water partition coefficient (Wildman–Crippen LogP) is 9.41. The van der Waals surface area contributed by atoms with Gasteiger partial charge in [-0.25, -0.2) is 0 Å². The number of hydrogen-bond acceptors (Lipinski definition) is 7. The first-order valence-corrected chi connectivity index (χ1v) is 17.2. The van der Waals surface area contributed by atoms with E-state index >= 15 is 0 Å². The predicted molar refractivity (Wildman–Crippen MR) is 183 cm³/mol. The molecule has 5 aromatic carbocycles. The van der Waals surface area contributed by atoms with Crippen molar-refractivity contribution in [3.05, 3.63) is 109 Å². The van der Waals surface area contributed by atoms with Gasteiger partial charge in [-0.15, -0.1) is 0 Å². The van der Waals surface area contributed by atoms with Gasteiger partial charge in [0.25, 0.3) is 0 Å². The van der Waals surface area contributed by atoms with Gasteiger partial charge in [0.2, 0.25) is 0 Å². The lowest BCUT2D eigenvalue weighted by atomic mass is 9.99. The Balaban J connectivity index is 1.40. The quantitative estimate of drug-likeness (QED) is 0.154. The van der Waals surface area contributed by atoms with Gasteiger partial charge in [-0.3, -0.25) is 0 Å². The highest BCUT2D eigenvalue weighted by Gasteiger charge is 2.57. The molecule has 0 unspecified atom stereocenters. The molecule has 0 aliphatic carbocycles. The van der Waals surface area contributed by atoms with E-state index in [-0.39, 0.29) is 18.2 Å². The minimum absolute atomic E-state index is 0.263. The van der Waals surface area contributed by atoms with Gasteiger partial charge in [0, 0.05) is 23.9 Å². The maximum absolute atomic E-state index is 7.09. The fraction of sp³-hybridized carbons (Fsp3) is 0.316. The average molecular weight is 636 g/mol. The van der Waals surface area contributed by atoms with Gasteiger partial charge >= 0.3 is 8.16 Å². The van der Waals surface area contributed by atoms with Gasteiger partial charge < -0.3 is 27.3 Å². The number of benzene rings is 5. The Labute approximate surface area is 269 Å². The zero-order valence-electron chi connectivity index (χ0n) is 26.3. The third-order valence-electron chi connectivity index (χ3n) is 8.87. The highest BCUT2D eigenvalue weighted by Crippen LogP contribution is 2.47. The van der Waals surface area contributed by atoms with Crippen molar-refractivity contribution < 1.29 is 27.3 Å². The van der Waals surface area contributed by atoms with Crippen molar-refractivity contribution in [1.82, 2.24) is 0 Å². The maximum Gasteiger partial charge on any atom is 0.310 e. The van der Waals surface area contributed by atoms with Crippen LogP contribution in [0.1, 0.15) is 32.8 Å². The topological polar surface area (TPSA) is 66.4 Å². The molecular formula is C38H38NO6P. The van der Waals surface area contributed by atoms with Crippen LogP contribution in [0.2, 0.25) is 0 Å². The Morgan fingerprint density at radius 2 is 1.35 bits per heavy atom. The van der Waals surface area contributed by atoms with E-state index in [0.29, 0.717) is 19.8 Å². The van der Waals surface area contributed by atoms with Crippen molar-refractivity contribution in [2.75, 3.05) is 17.9 Å². The second-order valence-electron chi connectivity index (χ2n) is 12.5. The molecule has 8 rings (SSSR count). The summed E-state index contributed by atoms with van der Waals surface area (Å²) in [7, 11) is -1.72. The molecule has 2 aliphatic heterocycles. The summed E-state index contributed by atoms with van der Waals surface area (Å²) in [5, 5.41) is 6.62. The smallest absolute Gasteiger partial charge is 0.310 e. The number of fused-ring (bicyclic) bond motifs is 8. The number of hydrogen-bond donors (Lipinski definition) is 0. The fourth-order valence-electron chi connectivity index (χ4n) is 6.91. The monoisotopic (exact) mass is 635 g/mol. The van der Waals surface area contributed by atoms with E-state index in [4.69, 9.17) is 27.3 Å². The van der Waals surface area contributed by atoms with Crippen LogP contribution in [-0.4, -0.2) is 43.5 Å². The van der Waals surface area contributed by atoms with Crippen LogP contribution in [0.15, 0.2) is 112 Å². The molecule has 0 saturated carbocycles.